The summed E-state index contributed by atoms with van der Waals surface area (Å²) >= 11 is 1.84. The van der Waals surface area contributed by atoms with Gasteiger partial charge in [0.25, 0.3) is 0 Å². The van der Waals surface area contributed by atoms with Gasteiger partial charge in [-0.3, -0.25) is 9.67 Å². The fourth-order valence-corrected chi connectivity index (χ4v) is 1.99. The van der Waals surface area contributed by atoms with Crippen molar-refractivity contribution >= 4 is 17.7 Å². The van der Waals surface area contributed by atoms with Crippen molar-refractivity contribution in [2.45, 2.75) is 19.8 Å². The molecule has 0 spiro atoms. The zero-order chi connectivity index (χ0) is 13.9. The van der Waals surface area contributed by atoms with Gasteiger partial charge < -0.3 is 10.6 Å². The predicted octanol–water partition coefficient (Wildman–Crippen LogP) is 1.27. The standard InChI is InChI=1S/C13H25N5S/c1-4-14-13(16-8-9-19-3)15-7-5-6-12-10-17-18(2)11-12/h10-11H,4-9H2,1-3H3,(H2,14,15,16). The zero-order valence-electron chi connectivity index (χ0n) is 12.1. The Hall–Kier alpha value is -1.17. The molecule has 108 valence electrons. The smallest absolute Gasteiger partial charge is 0.191 e. The second-order valence-corrected chi connectivity index (χ2v) is 5.29. The Morgan fingerprint density at radius 1 is 1.47 bits per heavy atom. The second kappa shape index (κ2) is 9.72. The van der Waals surface area contributed by atoms with Crippen LogP contribution >= 0.6 is 11.8 Å². The van der Waals surface area contributed by atoms with Gasteiger partial charge in [0.15, 0.2) is 5.96 Å². The summed E-state index contributed by atoms with van der Waals surface area (Å²) in [6, 6.07) is 0. The molecule has 0 saturated carbocycles. The second-order valence-electron chi connectivity index (χ2n) is 4.31. The number of aryl methyl sites for hydroxylation is 2. The SMILES string of the molecule is CCNC(=NCCCc1cnn(C)c1)NCCSC. The van der Waals surface area contributed by atoms with Crippen LogP contribution < -0.4 is 10.6 Å². The van der Waals surface area contributed by atoms with Crippen LogP contribution in [0.15, 0.2) is 17.4 Å². The van der Waals surface area contributed by atoms with Gasteiger partial charge in [-0.1, -0.05) is 0 Å². The van der Waals surface area contributed by atoms with Crippen LogP contribution in [0.2, 0.25) is 0 Å². The first-order valence-corrected chi connectivity index (χ1v) is 8.14. The summed E-state index contributed by atoms with van der Waals surface area (Å²) in [4.78, 5) is 4.57. The van der Waals surface area contributed by atoms with E-state index in [-0.39, 0.29) is 0 Å². The molecule has 19 heavy (non-hydrogen) atoms. The van der Waals surface area contributed by atoms with E-state index >= 15 is 0 Å². The molecule has 0 aliphatic heterocycles. The molecule has 0 radical (unpaired) electrons. The fourth-order valence-electron chi connectivity index (χ4n) is 1.69. The molecule has 0 aromatic carbocycles. The largest absolute Gasteiger partial charge is 0.357 e. The molecule has 1 aromatic rings. The van der Waals surface area contributed by atoms with Gasteiger partial charge in [-0.25, -0.2) is 0 Å². The fraction of sp³-hybridized carbons (Fsp3) is 0.692. The first-order valence-electron chi connectivity index (χ1n) is 6.75. The number of hydrogen-bond acceptors (Lipinski definition) is 3. The van der Waals surface area contributed by atoms with Crippen LogP contribution in [0.3, 0.4) is 0 Å². The minimum absolute atomic E-state index is 0.837. The van der Waals surface area contributed by atoms with E-state index in [0.717, 1.165) is 44.2 Å². The molecule has 0 aliphatic rings. The zero-order valence-corrected chi connectivity index (χ0v) is 13.0. The Bertz CT molecular complexity index is 375. The van der Waals surface area contributed by atoms with E-state index in [1.54, 1.807) is 0 Å². The van der Waals surface area contributed by atoms with Crippen molar-refractivity contribution in [3.05, 3.63) is 18.0 Å². The van der Waals surface area contributed by atoms with Gasteiger partial charge in [0.05, 0.1) is 6.20 Å². The number of guanidine groups is 1. The molecule has 5 nitrogen and oxygen atoms in total. The van der Waals surface area contributed by atoms with Gasteiger partial charge in [0.1, 0.15) is 0 Å². The average Bonchev–Trinajstić information content (AvgIpc) is 2.80. The molecule has 6 heteroatoms. The van der Waals surface area contributed by atoms with Gasteiger partial charge >= 0.3 is 0 Å². The van der Waals surface area contributed by atoms with Gasteiger partial charge in [-0.05, 0) is 31.6 Å². The van der Waals surface area contributed by atoms with E-state index in [9.17, 15) is 0 Å². The van der Waals surface area contributed by atoms with Crippen molar-refractivity contribution in [2.24, 2.45) is 12.0 Å². The number of nitrogens with one attached hydrogen (secondary N) is 2. The van der Waals surface area contributed by atoms with Gasteiger partial charge in [-0.2, -0.15) is 16.9 Å². The van der Waals surface area contributed by atoms with Crippen molar-refractivity contribution in [3.63, 3.8) is 0 Å². The maximum atomic E-state index is 4.57. The maximum Gasteiger partial charge on any atom is 0.191 e. The lowest BCUT2D eigenvalue weighted by atomic mass is 10.2. The summed E-state index contributed by atoms with van der Waals surface area (Å²) in [5.41, 5.74) is 1.28. The summed E-state index contributed by atoms with van der Waals surface area (Å²) in [6.45, 7) is 4.77. The number of aliphatic imine (C=N–C) groups is 1. The minimum atomic E-state index is 0.837. The van der Waals surface area contributed by atoms with Gasteiger partial charge in [0.2, 0.25) is 0 Å². The molecule has 0 unspecified atom stereocenters. The van der Waals surface area contributed by atoms with Crippen LogP contribution in [0.25, 0.3) is 0 Å². The third kappa shape index (κ3) is 7.10. The molecule has 1 heterocycles. The summed E-state index contributed by atoms with van der Waals surface area (Å²) < 4.78 is 1.84. The molecule has 0 saturated heterocycles. The molecule has 0 fully saturated rings. The number of hydrogen-bond donors (Lipinski definition) is 2. The highest BCUT2D eigenvalue weighted by atomic mass is 32.2. The Morgan fingerprint density at radius 2 is 2.32 bits per heavy atom. The van der Waals surface area contributed by atoms with E-state index in [2.05, 4.69) is 40.1 Å². The predicted molar refractivity (Wildman–Crippen MR) is 83.9 cm³/mol. The highest BCUT2D eigenvalue weighted by Crippen LogP contribution is 2.00. The van der Waals surface area contributed by atoms with Crippen molar-refractivity contribution in [3.8, 4) is 0 Å². The Morgan fingerprint density at radius 3 is 2.95 bits per heavy atom. The van der Waals surface area contributed by atoms with Crippen LogP contribution in [0.1, 0.15) is 18.9 Å². The number of aromatic nitrogens is 2. The van der Waals surface area contributed by atoms with Crippen LogP contribution in [-0.4, -0.2) is 47.4 Å². The lowest BCUT2D eigenvalue weighted by molar-refractivity contribution is 0.764. The third-order valence-electron chi connectivity index (χ3n) is 2.59. The first-order chi connectivity index (χ1) is 9.26. The highest BCUT2D eigenvalue weighted by molar-refractivity contribution is 7.98. The summed E-state index contributed by atoms with van der Waals surface area (Å²) in [5, 5.41) is 10.7. The Balaban J connectivity index is 2.25. The number of nitrogens with zero attached hydrogens (tertiary/aromatic N) is 3. The highest BCUT2D eigenvalue weighted by Gasteiger charge is 1.98. The molecule has 2 N–H and O–H groups in total. The van der Waals surface area contributed by atoms with Crippen LogP contribution in [0.4, 0.5) is 0 Å². The normalized spacial score (nSPS) is 11.6. The summed E-state index contributed by atoms with van der Waals surface area (Å²) in [6.07, 6.45) is 8.17. The number of rotatable bonds is 8. The van der Waals surface area contributed by atoms with Crippen molar-refractivity contribution < 1.29 is 0 Å². The van der Waals surface area contributed by atoms with E-state index in [1.807, 2.05) is 29.7 Å². The van der Waals surface area contributed by atoms with Gasteiger partial charge in [-0.15, -0.1) is 0 Å². The molecule has 1 aromatic heterocycles. The minimum Gasteiger partial charge on any atom is -0.357 e. The summed E-state index contributed by atoms with van der Waals surface area (Å²) in [5.74, 6) is 2.02. The molecular formula is C13H25N5S. The first kappa shape index (κ1) is 15.9. The van der Waals surface area contributed by atoms with E-state index in [0.29, 0.717) is 0 Å². The van der Waals surface area contributed by atoms with Crippen LogP contribution in [0, 0.1) is 0 Å². The van der Waals surface area contributed by atoms with E-state index in [1.165, 1.54) is 5.56 Å². The average molecular weight is 283 g/mol. The monoisotopic (exact) mass is 283 g/mol. The Kier molecular flexibility index (Phi) is 8.13. The van der Waals surface area contributed by atoms with Crippen LogP contribution in [0.5, 0.6) is 0 Å². The molecule has 0 amide bonds. The van der Waals surface area contributed by atoms with Crippen molar-refractivity contribution in [1.29, 1.82) is 0 Å². The molecule has 1 rings (SSSR count). The van der Waals surface area contributed by atoms with E-state index in [4.69, 9.17) is 0 Å². The van der Waals surface area contributed by atoms with Crippen molar-refractivity contribution in [2.75, 3.05) is 31.6 Å². The Labute approximate surface area is 120 Å². The van der Waals surface area contributed by atoms with Gasteiger partial charge in [0, 0.05) is 38.6 Å². The van der Waals surface area contributed by atoms with Crippen molar-refractivity contribution in [1.82, 2.24) is 20.4 Å². The maximum absolute atomic E-state index is 4.57. The number of thioether (sulfide) groups is 1. The topological polar surface area (TPSA) is 54.2 Å². The quantitative estimate of drug-likeness (QED) is 0.429. The third-order valence-corrected chi connectivity index (χ3v) is 3.21. The molecule has 0 aliphatic carbocycles. The molecular weight excluding hydrogens is 258 g/mol. The summed E-state index contributed by atoms with van der Waals surface area (Å²) in [7, 11) is 1.95. The lowest BCUT2D eigenvalue weighted by Gasteiger charge is -2.10. The lowest BCUT2D eigenvalue weighted by Crippen LogP contribution is -2.38. The van der Waals surface area contributed by atoms with Crippen LogP contribution in [-0.2, 0) is 13.5 Å². The molecule has 0 atom stereocenters. The molecule has 0 bridgehead atoms. The van der Waals surface area contributed by atoms with E-state index < -0.39 is 0 Å².